The van der Waals surface area contributed by atoms with E-state index in [0.717, 1.165) is 27.6 Å². The fourth-order valence-electron chi connectivity index (χ4n) is 5.55. The Hall–Kier alpha value is -5.16. The normalized spacial score (nSPS) is 16.0. The van der Waals surface area contributed by atoms with Crippen LogP contribution in [0.3, 0.4) is 0 Å². The predicted octanol–water partition coefficient (Wildman–Crippen LogP) is 7.36. The second-order valence-electron chi connectivity index (χ2n) is 10.0. The summed E-state index contributed by atoms with van der Waals surface area (Å²) in [5, 5.41) is 5.96. The molecule has 1 heterocycles. The molecule has 0 saturated heterocycles. The third-order valence-electron chi connectivity index (χ3n) is 7.51. The van der Waals surface area contributed by atoms with Crippen LogP contribution in [0.4, 0.5) is 5.69 Å². The molecule has 5 heteroatoms. The number of ether oxygens (including phenoxy) is 1. The van der Waals surface area contributed by atoms with Gasteiger partial charge >= 0.3 is 5.97 Å². The quantitative estimate of drug-likeness (QED) is 0.199. The Kier molecular flexibility index (Phi) is 7.59. The van der Waals surface area contributed by atoms with Crippen molar-refractivity contribution in [1.29, 1.82) is 0 Å². The van der Waals surface area contributed by atoms with Crippen LogP contribution in [0.25, 0.3) is 10.8 Å². The summed E-state index contributed by atoms with van der Waals surface area (Å²) in [6.07, 6.45) is 3.59. The Labute approximate surface area is 239 Å². The average Bonchev–Trinajstić information content (AvgIpc) is 3.41. The monoisotopic (exact) mass is 538 g/mol. The topological polar surface area (TPSA) is 58.6 Å². The lowest BCUT2D eigenvalue weighted by Crippen LogP contribution is -2.44. The largest absolute Gasteiger partial charge is 0.460 e. The maximum absolute atomic E-state index is 13.6. The number of amides is 1. The summed E-state index contributed by atoms with van der Waals surface area (Å²) in [5.74, 6) is -0.546. The van der Waals surface area contributed by atoms with Crippen LogP contribution in [-0.4, -0.2) is 29.4 Å². The lowest BCUT2D eigenvalue weighted by molar-refractivity contribution is -0.130. The Morgan fingerprint density at radius 3 is 2.15 bits per heavy atom. The number of nitrogens with one attached hydrogen (secondary N) is 1. The highest BCUT2D eigenvalue weighted by Gasteiger charge is 2.39. The Morgan fingerprint density at radius 1 is 0.756 bits per heavy atom. The smallest absolute Gasteiger partial charge is 0.338 e. The molecule has 0 spiro atoms. The van der Waals surface area contributed by atoms with Crippen LogP contribution in [0.1, 0.15) is 33.6 Å². The molecule has 0 bridgehead atoms. The molecule has 1 aliphatic rings. The van der Waals surface area contributed by atoms with E-state index < -0.39 is 12.0 Å². The van der Waals surface area contributed by atoms with E-state index >= 15 is 0 Å². The Bertz CT molecular complexity index is 1660. The number of rotatable bonds is 9. The second-order valence-corrected chi connectivity index (χ2v) is 10.0. The van der Waals surface area contributed by atoms with Crippen molar-refractivity contribution in [3.63, 3.8) is 0 Å². The number of carbonyl (C=O) groups excluding carboxylic acids is 2. The van der Waals surface area contributed by atoms with Gasteiger partial charge in [0, 0.05) is 11.8 Å². The van der Waals surface area contributed by atoms with Gasteiger partial charge in [-0.05, 0) is 46.2 Å². The molecule has 0 fully saturated rings. The number of hydrogen-bond acceptors (Lipinski definition) is 4. The molecule has 6 rings (SSSR count). The molecule has 0 radical (unpaired) electrons. The average molecular weight is 539 g/mol. The summed E-state index contributed by atoms with van der Waals surface area (Å²) >= 11 is 0. The van der Waals surface area contributed by atoms with E-state index in [1.54, 1.807) is 30.3 Å². The van der Waals surface area contributed by atoms with Crippen LogP contribution >= 0.6 is 0 Å². The number of carbonyl (C=O) groups is 2. The van der Waals surface area contributed by atoms with E-state index in [-0.39, 0.29) is 24.6 Å². The van der Waals surface area contributed by atoms with Crippen molar-refractivity contribution in [3.05, 3.63) is 162 Å². The van der Waals surface area contributed by atoms with Crippen molar-refractivity contribution in [2.75, 3.05) is 11.9 Å². The minimum Gasteiger partial charge on any atom is -0.460 e. The van der Waals surface area contributed by atoms with E-state index in [9.17, 15) is 9.59 Å². The SMILES string of the molecule is O=C(OC[C@@H](c1ccccc1)N1C(=O)C=CC1C(Nc1ccccc1)c1cccc2ccccc12)c1ccccc1. The van der Waals surface area contributed by atoms with Crippen LogP contribution in [0, 0.1) is 0 Å². The minimum absolute atomic E-state index is 0.0231. The first-order valence-electron chi connectivity index (χ1n) is 13.8. The molecule has 5 aromatic rings. The summed E-state index contributed by atoms with van der Waals surface area (Å²) in [6.45, 7) is 0.0231. The molecule has 1 N–H and O–H groups in total. The van der Waals surface area contributed by atoms with Gasteiger partial charge in [0.15, 0.2) is 0 Å². The molecule has 3 atom stereocenters. The number of esters is 1. The number of para-hydroxylation sites is 1. The van der Waals surface area contributed by atoms with Gasteiger partial charge in [-0.15, -0.1) is 0 Å². The van der Waals surface area contributed by atoms with Crippen LogP contribution in [-0.2, 0) is 9.53 Å². The van der Waals surface area contributed by atoms with Crippen molar-refractivity contribution in [2.24, 2.45) is 0 Å². The number of fused-ring (bicyclic) bond motifs is 1. The van der Waals surface area contributed by atoms with Gasteiger partial charge in [-0.1, -0.05) is 115 Å². The van der Waals surface area contributed by atoms with E-state index in [1.807, 2.05) is 89.8 Å². The number of nitrogens with zero attached hydrogens (tertiary/aromatic N) is 1. The molecule has 1 amide bonds. The number of benzene rings is 5. The zero-order valence-corrected chi connectivity index (χ0v) is 22.5. The Balaban J connectivity index is 1.40. The standard InChI is InChI=1S/C36H30N2O3/c39-34-24-23-32(35(37-29-19-8-3-9-20-29)31-22-12-18-26-13-10-11-21-30(26)31)38(34)33(27-14-4-1-5-15-27)25-41-36(40)28-16-6-2-7-17-28/h1-24,32-33,35,37H,25H2/t32?,33-,35?/m0/s1. The molecular weight excluding hydrogens is 508 g/mol. The highest BCUT2D eigenvalue weighted by molar-refractivity contribution is 5.92. The fraction of sp³-hybridized carbons (Fsp3) is 0.111. The van der Waals surface area contributed by atoms with Gasteiger partial charge in [0.2, 0.25) is 5.91 Å². The highest BCUT2D eigenvalue weighted by atomic mass is 16.5. The zero-order valence-electron chi connectivity index (χ0n) is 22.5. The summed E-state index contributed by atoms with van der Waals surface area (Å²) < 4.78 is 5.85. The highest BCUT2D eigenvalue weighted by Crippen LogP contribution is 2.38. The van der Waals surface area contributed by atoms with Crippen LogP contribution in [0.2, 0.25) is 0 Å². The van der Waals surface area contributed by atoms with E-state index in [4.69, 9.17) is 4.74 Å². The van der Waals surface area contributed by atoms with Crippen molar-refractivity contribution in [2.45, 2.75) is 18.1 Å². The molecule has 5 nitrogen and oxygen atoms in total. The Morgan fingerprint density at radius 2 is 1.39 bits per heavy atom. The second kappa shape index (κ2) is 11.9. The molecule has 41 heavy (non-hydrogen) atoms. The van der Waals surface area contributed by atoms with Gasteiger partial charge in [-0.3, -0.25) is 4.79 Å². The van der Waals surface area contributed by atoms with Crippen molar-refractivity contribution >= 4 is 28.3 Å². The molecule has 0 saturated carbocycles. The van der Waals surface area contributed by atoms with E-state index in [2.05, 4.69) is 35.6 Å². The predicted molar refractivity (Wildman–Crippen MR) is 162 cm³/mol. The molecule has 0 aromatic heterocycles. The van der Waals surface area contributed by atoms with Crippen molar-refractivity contribution < 1.29 is 14.3 Å². The van der Waals surface area contributed by atoms with Crippen LogP contribution < -0.4 is 5.32 Å². The first-order valence-corrected chi connectivity index (χ1v) is 13.8. The van der Waals surface area contributed by atoms with Gasteiger partial charge in [0.05, 0.1) is 23.7 Å². The van der Waals surface area contributed by atoms with Gasteiger partial charge in [-0.25, -0.2) is 4.79 Å². The lowest BCUT2D eigenvalue weighted by atomic mass is 9.92. The van der Waals surface area contributed by atoms with E-state index in [1.165, 1.54) is 0 Å². The van der Waals surface area contributed by atoms with Gasteiger partial charge < -0.3 is 15.0 Å². The van der Waals surface area contributed by atoms with Gasteiger partial charge in [0.25, 0.3) is 0 Å². The molecule has 0 aliphatic carbocycles. The number of anilines is 1. The molecule has 1 aliphatic heterocycles. The van der Waals surface area contributed by atoms with Crippen molar-refractivity contribution in [3.8, 4) is 0 Å². The molecule has 5 aromatic carbocycles. The maximum Gasteiger partial charge on any atom is 0.338 e. The van der Waals surface area contributed by atoms with Gasteiger partial charge in [-0.2, -0.15) is 0 Å². The molecule has 2 unspecified atom stereocenters. The van der Waals surface area contributed by atoms with Gasteiger partial charge in [0.1, 0.15) is 6.61 Å². The summed E-state index contributed by atoms with van der Waals surface area (Å²) in [4.78, 5) is 28.4. The number of hydrogen-bond donors (Lipinski definition) is 1. The minimum atomic E-state index is -0.494. The summed E-state index contributed by atoms with van der Waals surface area (Å²) in [6, 6.07) is 42.1. The fourth-order valence-corrected chi connectivity index (χ4v) is 5.55. The summed E-state index contributed by atoms with van der Waals surface area (Å²) in [7, 11) is 0. The van der Waals surface area contributed by atoms with E-state index in [0.29, 0.717) is 5.56 Å². The maximum atomic E-state index is 13.6. The van der Waals surface area contributed by atoms with Crippen LogP contribution in [0.15, 0.2) is 146 Å². The lowest BCUT2D eigenvalue weighted by Gasteiger charge is -2.38. The van der Waals surface area contributed by atoms with Crippen molar-refractivity contribution in [1.82, 2.24) is 4.90 Å². The first-order chi connectivity index (χ1) is 20.2. The summed E-state index contributed by atoms with van der Waals surface area (Å²) in [5.41, 5.74) is 3.40. The third kappa shape index (κ3) is 5.61. The third-order valence-corrected chi connectivity index (χ3v) is 7.51. The molecule has 202 valence electrons. The van der Waals surface area contributed by atoms with Crippen LogP contribution in [0.5, 0.6) is 0 Å². The molecular formula is C36H30N2O3. The zero-order chi connectivity index (χ0) is 28.0. The first kappa shape index (κ1) is 26.1.